The Morgan fingerprint density at radius 1 is 1.32 bits per heavy atom. The third-order valence-electron chi connectivity index (χ3n) is 6.53. The number of H-pyrrole nitrogens is 1. The molecule has 0 aliphatic carbocycles. The van der Waals surface area contributed by atoms with E-state index in [1.807, 2.05) is 19.1 Å². The topological polar surface area (TPSA) is 95.9 Å². The number of nitrogens with zero attached hydrogens (tertiary/aromatic N) is 3. The molecule has 0 bridgehead atoms. The van der Waals surface area contributed by atoms with Crippen LogP contribution < -0.4 is 10.6 Å². The Labute approximate surface area is 180 Å². The van der Waals surface area contributed by atoms with E-state index in [1.165, 1.54) is 12.1 Å². The van der Waals surface area contributed by atoms with Gasteiger partial charge in [-0.2, -0.15) is 0 Å². The molecule has 2 aromatic heterocycles. The van der Waals surface area contributed by atoms with Crippen molar-refractivity contribution in [1.82, 2.24) is 25.2 Å². The summed E-state index contributed by atoms with van der Waals surface area (Å²) < 4.78 is 13.5. The minimum atomic E-state index is -0.262. The minimum absolute atomic E-state index is 0.00874. The number of carbonyl (C=O) groups is 1. The van der Waals surface area contributed by atoms with Crippen LogP contribution in [0.4, 0.5) is 10.1 Å². The summed E-state index contributed by atoms with van der Waals surface area (Å²) in [6, 6.07) is 9.12. The van der Waals surface area contributed by atoms with Crippen molar-refractivity contribution in [3.63, 3.8) is 0 Å². The molecule has 162 valence electrons. The van der Waals surface area contributed by atoms with Crippen molar-refractivity contribution in [3.8, 4) is 0 Å². The number of likely N-dealkylation sites (tertiary alicyclic amines) is 1. The maximum Gasteiger partial charge on any atom is 0.226 e. The average molecular weight is 423 g/mol. The summed E-state index contributed by atoms with van der Waals surface area (Å²) in [6.07, 6.45) is 4.18. The number of amides is 1. The second-order valence-electron chi connectivity index (χ2n) is 8.80. The van der Waals surface area contributed by atoms with Crippen molar-refractivity contribution in [2.75, 3.05) is 18.9 Å². The van der Waals surface area contributed by atoms with Crippen LogP contribution in [0.1, 0.15) is 36.8 Å². The number of hydrogen-bond donors (Lipinski definition) is 3. The predicted octanol–water partition coefficient (Wildman–Crippen LogP) is 3.16. The lowest BCUT2D eigenvalue weighted by Gasteiger charge is -2.36. The number of halogens is 1. The van der Waals surface area contributed by atoms with Gasteiger partial charge in [0, 0.05) is 24.2 Å². The van der Waals surface area contributed by atoms with Gasteiger partial charge in [0.25, 0.3) is 0 Å². The first-order valence-electron chi connectivity index (χ1n) is 10.8. The van der Waals surface area contributed by atoms with Crippen molar-refractivity contribution in [1.29, 1.82) is 0 Å². The Balaban J connectivity index is 1.20. The highest BCUT2D eigenvalue weighted by atomic mass is 19.1. The summed E-state index contributed by atoms with van der Waals surface area (Å²) in [5.41, 5.74) is 3.17. The Kier molecular flexibility index (Phi) is 5.19. The fraction of sp³-hybridized carbons (Fsp3) is 0.435. The number of aromatic amines is 1. The molecule has 2 saturated heterocycles. The molecule has 1 amide bonds. The van der Waals surface area contributed by atoms with Gasteiger partial charge in [-0.1, -0.05) is 0 Å². The Morgan fingerprint density at radius 2 is 2.19 bits per heavy atom. The molecule has 2 aliphatic heterocycles. The molecular weight excluding hydrogens is 395 g/mol. The van der Waals surface area contributed by atoms with Gasteiger partial charge in [-0.3, -0.25) is 14.7 Å². The van der Waals surface area contributed by atoms with E-state index < -0.39 is 0 Å². The van der Waals surface area contributed by atoms with Crippen molar-refractivity contribution in [2.45, 2.75) is 44.3 Å². The highest BCUT2D eigenvalue weighted by Gasteiger charge is 2.45. The molecule has 5 rings (SSSR count). The molecule has 2 fully saturated rings. The second-order valence-corrected chi connectivity index (χ2v) is 8.80. The normalized spacial score (nSPS) is 26.2. The van der Waals surface area contributed by atoms with Crippen LogP contribution in [-0.2, 0) is 4.79 Å². The average Bonchev–Trinajstić information content (AvgIpc) is 3.37. The van der Waals surface area contributed by atoms with E-state index in [9.17, 15) is 9.18 Å². The number of piperidine rings is 1. The molecule has 0 saturated carbocycles. The van der Waals surface area contributed by atoms with Gasteiger partial charge >= 0.3 is 0 Å². The van der Waals surface area contributed by atoms with Crippen LogP contribution in [0.3, 0.4) is 0 Å². The number of carbonyl (C=O) groups excluding carboxylic acids is 1. The molecule has 3 aromatic rings. The molecular formula is C23H27FN6O. The monoisotopic (exact) mass is 422 g/mol. The molecule has 2 aliphatic rings. The van der Waals surface area contributed by atoms with E-state index in [2.05, 4.69) is 32.5 Å². The smallest absolute Gasteiger partial charge is 0.226 e. The van der Waals surface area contributed by atoms with E-state index >= 15 is 0 Å². The molecule has 3 N–H and O–H groups in total. The van der Waals surface area contributed by atoms with Gasteiger partial charge in [0.2, 0.25) is 5.91 Å². The molecule has 31 heavy (non-hydrogen) atoms. The van der Waals surface area contributed by atoms with Gasteiger partial charge in [-0.25, -0.2) is 9.37 Å². The van der Waals surface area contributed by atoms with Crippen LogP contribution in [0, 0.1) is 18.7 Å². The zero-order chi connectivity index (χ0) is 21.5. The van der Waals surface area contributed by atoms with Gasteiger partial charge in [-0.15, -0.1) is 0 Å². The van der Waals surface area contributed by atoms with Gasteiger partial charge in [0.1, 0.15) is 11.6 Å². The van der Waals surface area contributed by atoms with E-state index in [1.54, 1.807) is 12.3 Å². The summed E-state index contributed by atoms with van der Waals surface area (Å²) >= 11 is 0. The number of anilines is 1. The van der Waals surface area contributed by atoms with Gasteiger partial charge in [0.05, 0.1) is 29.0 Å². The first-order chi connectivity index (χ1) is 15.0. The number of hydrogen-bond acceptors (Lipinski definition) is 5. The summed E-state index contributed by atoms with van der Waals surface area (Å²) in [5, 5.41) is 6.44. The fourth-order valence-corrected chi connectivity index (χ4v) is 4.71. The van der Waals surface area contributed by atoms with Crippen molar-refractivity contribution >= 4 is 22.6 Å². The molecule has 4 heterocycles. The number of aromatic nitrogens is 3. The van der Waals surface area contributed by atoms with Crippen molar-refractivity contribution in [3.05, 3.63) is 53.9 Å². The number of rotatable bonds is 5. The highest BCUT2D eigenvalue weighted by molar-refractivity contribution is 5.91. The van der Waals surface area contributed by atoms with Crippen LogP contribution in [0.5, 0.6) is 0 Å². The first-order valence-corrected chi connectivity index (χ1v) is 10.8. The maximum absolute atomic E-state index is 13.5. The molecule has 7 nitrogen and oxygen atoms in total. The van der Waals surface area contributed by atoms with E-state index in [-0.39, 0.29) is 23.8 Å². The quantitative estimate of drug-likeness (QED) is 0.549. The Morgan fingerprint density at radius 3 is 3.00 bits per heavy atom. The maximum atomic E-state index is 13.5. The zero-order valence-corrected chi connectivity index (χ0v) is 17.7. The lowest BCUT2D eigenvalue weighted by Crippen LogP contribution is -2.36. The molecule has 0 radical (unpaired) electrons. The first kappa shape index (κ1) is 20.1. The van der Waals surface area contributed by atoms with E-state index in [4.69, 9.17) is 4.98 Å². The van der Waals surface area contributed by atoms with E-state index in [0.717, 1.165) is 47.6 Å². The molecule has 4 atom stereocenters. The van der Waals surface area contributed by atoms with Crippen LogP contribution in [0.2, 0.25) is 0 Å². The number of aryl methyl sites for hydroxylation is 1. The summed E-state index contributed by atoms with van der Waals surface area (Å²) in [6.45, 7) is 2.88. The summed E-state index contributed by atoms with van der Waals surface area (Å²) in [4.78, 5) is 26.9. The van der Waals surface area contributed by atoms with Crippen molar-refractivity contribution < 1.29 is 9.18 Å². The number of fused-ring (bicyclic) bond motifs is 1. The SMILES string of the molecule is Cc1ccc(NC(=O)CC2NC2C2CCN(C)[C@@H](c3nc4ccc(F)cc4[nH]3)C2)cn1. The number of nitrogens with one attached hydrogen (secondary N) is 3. The summed E-state index contributed by atoms with van der Waals surface area (Å²) in [7, 11) is 2.11. The second kappa shape index (κ2) is 8.01. The van der Waals surface area contributed by atoms with Gasteiger partial charge < -0.3 is 15.6 Å². The minimum Gasteiger partial charge on any atom is -0.341 e. The lowest BCUT2D eigenvalue weighted by molar-refractivity contribution is -0.116. The molecule has 1 aromatic carbocycles. The van der Waals surface area contributed by atoms with Gasteiger partial charge in [0.15, 0.2) is 0 Å². The zero-order valence-electron chi connectivity index (χ0n) is 17.7. The third kappa shape index (κ3) is 4.31. The fourth-order valence-electron chi connectivity index (χ4n) is 4.71. The van der Waals surface area contributed by atoms with Crippen LogP contribution in [0.25, 0.3) is 11.0 Å². The van der Waals surface area contributed by atoms with Crippen LogP contribution >= 0.6 is 0 Å². The lowest BCUT2D eigenvalue weighted by atomic mass is 9.86. The van der Waals surface area contributed by atoms with Crippen LogP contribution in [-0.4, -0.2) is 51.4 Å². The summed E-state index contributed by atoms with van der Waals surface area (Å²) in [5.74, 6) is 1.11. The highest BCUT2D eigenvalue weighted by Crippen LogP contribution is 2.38. The molecule has 0 spiro atoms. The molecule has 8 heteroatoms. The largest absolute Gasteiger partial charge is 0.341 e. The van der Waals surface area contributed by atoms with E-state index in [0.29, 0.717) is 18.4 Å². The number of pyridine rings is 1. The number of benzene rings is 1. The predicted molar refractivity (Wildman–Crippen MR) is 117 cm³/mol. The standard InChI is InChI=1S/C23H27FN6O/c1-13-3-5-16(12-25-13)26-21(31)11-19-22(27-19)14-7-8-30(2)20(9-14)23-28-17-6-4-15(24)10-18(17)29-23/h3-6,10,12,14,19-20,22,27H,7-9,11H2,1-2H3,(H,26,31)(H,28,29)/t14?,19?,20-,22?/m1/s1. The van der Waals surface area contributed by atoms with Crippen LogP contribution in [0.15, 0.2) is 36.5 Å². The molecule has 3 unspecified atom stereocenters. The Hall–Kier alpha value is -2.84. The van der Waals surface area contributed by atoms with Gasteiger partial charge in [-0.05, 0) is 69.6 Å². The van der Waals surface area contributed by atoms with Crippen molar-refractivity contribution in [2.24, 2.45) is 5.92 Å². The Bertz CT molecular complexity index is 1100. The number of imidazole rings is 1. The third-order valence-corrected chi connectivity index (χ3v) is 6.53.